The first kappa shape index (κ1) is 45.1. The van der Waals surface area contributed by atoms with E-state index in [-0.39, 0.29) is 42.7 Å². The molecule has 0 radical (unpaired) electrons. The molecular formula is C46H55F2N7O8. The van der Waals surface area contributed by atoms with E-state index in [0.717, 1.165) is 22.3 Å². The summed E-state index contributed by atoms with van der Waals surface area (Å²) in [6.45, 7) is 9.48. The molecule has 9 rings (SSSR count). The van der Waals surface area contributed by atoms with Gasteiger partial charge >= 0.3 is 24.1 Å². The van der Waals surface area contributed by atoms with Crippen LogP contribution in [0.4, 0.5) is 24.1 Å². The van der Waals surface area contributed by atoms with Gasteiger partial charge in [-0.15, -0.1) is 0 Å². The van der Waals surface area contributed by atoms with Crippen LogP contribution in [0.3, 0.4) is 0 Å². The second-order valence-electron chi connectivity index (χ2n) is 18.5. The molecule has 4 bridgehead atoms. The number of rotatable bonds is 13. The van der Waals surface area contributed by atoms with Gasteiger partial charge in [0.15, 0.2) is 11.6 Å². The SMILES string of the molecule is Cc1cc(N(C2CCCN2[C@@](C(N)=O)(C(=O)OC(N)=O)C(C)(C)C2Cc3ccc2cc3)C2CCCN2[C@@](C(N)=O)(C(=O)OC(N)=O)C(C)(C)C2Cc3ccc2cc3)c(C)c(F)c1F. The minimum absolute atomic E-state index is 0.00598. The van der Waals surface area contributed by atoms with Crippen molar-refractivity contribution in [2.75, 3.05) is 18.0 Å². The molecule has 0 spiro atoms. The fraction of sp³-hybridized carbons (Fsp3) is 0.478. The van der Waals surface area contributed by atoms with Crippen LogP contribution >= 0.6 is 0 Å². The molecule has 0 saturated carbocycles. The number of likely N-dealkylation sites (tertiary alicyclic amines) is 2. The average molecular weight is 872 g/mol. The zero-order valence-corrected chi connectivity index (χ0v) is 36.3. The zero-order valence-electron chi connectivity index (χ0n) is 36.3. The molecule has 2 saturated heterocycles. The van der Waals surface area contributed by atoms with Gasteiger partial charge in [-0.25, -0.2) is 28.0 Å². The topological polar surface area (TPSA) is 235 Å². The predicted octanol–water partition coefficient (Wildman–Crippen LogP) is 4.66. The van der Waals surface area contributed by atoms with Crippen LogP contribution in [0.2, 0.25) is 0 Å². The summed E-state index contributed by atoms with van der Waals surface area (Å²) in [7, 11) is 0. The van der Waals surface area contributed by atoms with E-state index in [9.17, 15) is 28.8 Å². The number of carbonyl (C=O) groups excluding carboxylic acids is 6. The fourth-order valence-corrected chi connectivity index (χ4v) is 11.8. The molecule has 3 aromatic rings. The molecule has 2 aliphatic heterocycles. The van der Waals surface area contributed by atoms with Crippen molar-refractivity contribution < 1.29 is 47.0 Å². The number of anilines is 1. The Morgan fingerprint density at radius 3 is 1.33 bits per heavy atom. The minimum atomic E-state index is -2.47. The summed E-state index contributed by atoms with van der Waals surface area (Å²) in [5.74, 6) is -8.33. The Bertz CT molecular complexity index is 2260. The van der Waals surface area contributed by atoms with Gasteiger partial charge in [0.2, 0.25) is 22.9 Å². The molecule has 336 valence electrons. The lowest BCUT2D eigenvalue weighted by molar-refractivity contribution is -0.172. The number of benzene rings is 3. The van der Waals surface area contributed by atoms with E-state index < -0.39 is 93.6 Å². The van der Waals surface area contributed by atoms with Crippen molar-refractivity contribution in [2.24, 2.45) is 33.8 Å². The first-order valence-electron chi connectivity index (χ1n) is 21.1. The van der Waals surface area contributed by atoms with Gasteiger partial charge in [0.1, 0.15) is 0 Å². The van der Waals surface area contributed by atoms with Crippen molar-refractivity contribution in [3.63, 3.8) is 0 Å². The van der Waals surface area contributed by atoms with Crippen molar-refractivity contribution in [3.05, 3.63) is 99.6 Å². The monoisotopic (exact) mass is 871 g/mol. The van der Waals surface area contributed by atoms with Gasteiger partial charge in [-0.1, -0.05) is 76.2 Å². The summed E-state index contributed by atoms with van der Waals surface area (Å²) in [5.41, 5.74) is 19.3. The maximum Gasteiger partial charge on any atom is 0.412 e. The molecule has 8 N–H and O–H groups in total. The summed E-state index contributed by atoms with van der Waals surface area (Å²) in [4.78, 5) is 88.7. The van der Waals surface area contributed by atoms with Crippen LogP contribution in [0, 0.1) is 36.3 Å². The summed E-state index contributed by atoms with van der Waals surface area (Å²) < 4.78 is 42.1. The van der Waals surface area contributed by atoms with Crippen molar-refractivity contribution in [3.8, 4) is 0 Å². The highest BCUT2D eigenvalue weighted by Crippen LogP contribution is 2.56. The van der Waals surface area contributed by atoms with Crippen molar-refractivity contribution in [2.45, 2.75) is 115 Å². The van der Waals surface area contributed by atoms with Crippen LogP contribution in [0.15, 0.2) is 54.6 Å². The molecular weight excluding hydrogens is 817 g/mol. The molecule has 4 aliphatic carbocycles. The highest BCUT2D eigenvalue weighted by atomic mass is 19.2. The maximum atomic E-state index is 16.2. The van der Waals surface area contributed by atoms with Crippen LogP contribution in [0.25, 0.3) is 0 Å². The van der Waals surface area contributed by atoms with Gasteiger partial charge in [-0.2, -0.15) is 0 Å². The normalized spacial score (nSPS) is 22.9. The van der Waals surface area contributed by atoms with Crippen LogP contribution in [0.1, 0.15) is 98.6 Å². The van der Waals surface area contributed by atoms with Gasteiger partial charge in [-0.3, -0.25) is 19.4 Å². The molecule has 4 amide bonds. The Kier molecular flexibility index (Phi) is 11.5. The molecule has 0 aromatic heterocycles. The molecule has 3 aromatic carbocycles. The van der Waals surface area contributed by atoms with E-state index in [1.165, 1.54) is 29.7 Å². The molecule has 2 fully saturated rings. The number of fused-ring (bicyclic) bond motifs is 6. The summed E-state index contributed by atoms with van der Waals surface area (Å²) >= 11 is 0. The standard InChI is InChI=1S/C46H55F2N7O8/c1-24-21-32(25(2)36(48)35(24)47)55(33-9-7-19-53(33)45(37(49)56,39(58)62-41(51)60)43(3,4)30-22-26-11-15-28(30)16-12-26)34-10-8-20-54(34)46(38(50)57,40(59)63-42(52)61)44(5,6)31-23-27-13-17-29(31)18-14-27/h11-18,21,30-31,33-34H,7-10,19-20,22-23H2,1-6H3,(H2,49,56)(H2,50,57)(H2,51,60)(H2,52,61)/t30?,31?,33?,34?,45-,46-/m0/s1. The largest absolute Gasteiger partial charge is 0.412 e. The van der Waals surface area contributed by atoms with Gasteiger partial charge in [0.25, 0.3) is 0 Å². The van der Waals surface area contributed by atoms with Gasteiger partial charge in [0.05, 0.1) is 12.3 Å². The van der Waals surface area contributed by atoms with Crippen molar-refractivity contribution >= 4 is 41.6 Å². The van der Waals surface area contributed by atoms with Gasteiger partial charge < -0.3 is 37.3 Å². The Labute approximate surface area is 364 Å². The van der Waals surface area contributed by atoms with E-state index in [2.05, 4.69) is 0 Å². The molecule has 6 atom stereocenters. The molecule has 17 heteroatoms. The third kappa shape index (κ3) is 6.73. The third-order valence-electron chi connectivity index (χ3n) is 14.8. The van der Waals surface area contributed by atoms with E-state index in [1.807, 2.05) is 48.5 Å². The number of primary amides is 4. The fourth-order valence-electron chi connectivity index (χ4n) is 11.8. The van der Waals surface area contributed by atoms with Crippen LogP contribution in [-0.4, -0.2) is 82.2 Å². The molecule has 63 heavy (non-hydrogen) atoms. The lowest BCUT2D eigenvalue weighted by atomic mass is 9.58. The van der Waals surface area contributed by atoms with Crippen LogP contribution in [0.5, 0.6) is 0 Å². The number of ether oxygens (including phenoxy) is 2. The van der Waals surface area contributed by atoms with E-state index >= 15 is 8.78 Å². The number of carbonyl (C=O) groups is 6. The van der Waals surface area contributed by atoms with Crippen LogP contribution in [-0.2, 0) is 41.5 Å². The summed E-state index contributed by atoms with van der Waals surface area (Å²) in [5, 5.41) is 0. The van der Waals surface area contributed by atoms with Crippen molar-refractivity contribution in [1.29, 1.82) is 0 Å². The summed E-state index contributed by atoms with van der Waals surface area (Å²) in [6, 6.07) is 16.6. The van der Waals surface area contributed by atoms with E-state index in [0.29, 0.717) is 25.7 Å². The second-order valence-corrected chi connectivity index (χ2v) is 18.5. The Hall–Kier alpha value is -5.94. The Morgan fingerprint density at radius 2 is 1.02 bits per heavy atom. The third-order valence-corrected chi connectivity index (χ3v) is 14.8. The van der Waals surface area contributed by atoms with Crippen molar-refractivity contribution in [1.82, 2.24) is 9.80 Å². The number of esters is 2. The first-order valence-corrected chi connectivity index (χ1v) is 21.1. The van der Waals surface area contributed by atoms with E-state index in [4.69, 9.17) is 32.4 Å². The number of hydrogen-bond acceptors (Lipinski definition) is 11. The van der Waals surface area contributed by atoms with Gasteiger partial charge in [-0.05, 0) is 98.1 Å². The lowest BCUT2D eigenvalue weighted by Gasteiger charge is -2.58. The Balaban J connectivity index is 1.50. The maximum absolute atomic E-state index is 16.2. The first-order chi connectivity index (χ1) is 29.5. The molecule has 6 aliphatic rings. The number of halogens is 2. The van der Waals surface area contributed by atoms with Crippen LogP contribution < -0.4 is 27.8 Å². The smallest absolute Gasteiger partial charge is 0.375 e. The summed E-state index contributed by atoms with van der Waals surface area (Å²) in [6.07, 6.45) is -3.53. The number of amides is 4. The number of aryl methyl sites for hydroxylation is 1. The predicted molar refractivity (Wildman–Crippen MR) is 226 cm³/mol. The molecule has 2 heterocycles. The van der Waals surface area contributed by atoms with E-state index in [1.54, 1.807) is 32.6 Å². The molecule has 15 nitrogen and oxygen atoms in total. The number of hydrogen-bond donors (Lipinski definition) is 4. The Morgan fingerprint density at radius 1 is 0.635 bits per heavy atom. The number of nitrogens with two attached hydrogens (primary N) is 4. The quantitative estimate of drug-likeness (QED) is 0.136. The second kappa shape index (κ2) is 16.0. The average Bonchev–Trinajstić information content (AvgIpc) is 3.90. The highest BCUT2D eigenvalue weighted by Gasteiger charge is 2.70. The zero-order chi connectivity index (χ0) is 46.1. The number of nitrogens with zero attached hydrogens (tertiary/aromatic N) is 3. The van der Waals surface area contributed by atoms with Gasteiger partial charge in [0, 0.05) is 35.2 Å². The lowest BCUT2D eigenvalue weighted by Crippen LogP contribution is -2.77. The highest BCUT2D eigenvalue weighted by molar-refractivity contribution is 6.11. The molecule has 4 unspecified atom stereocenters. The minimum Gasteiger partial charge on any atom is -0.375 e.